The van der Waals surface area contributed by atoms with Gasteiger partial charge in [0.15, 0.2) is 0 Å². The monoisotopic (exact) mass is 456 g/mol. The second-order valence-electron chi connectivity index (χ2n) is 7.34. The molecule has 0 unspecified atom stereocenters. The Balaban J connectivity index is 1.87. The number of carbonyl (C=O) groups is 1. The van der Waals surface area contributed by atoms with Crippen LogP contribution in [0.2, 0.25) is 0 Å². The number of benzene rings is 3. The number of nitrogens with one attached hydrogen (secondary N) is 1. The molecule has 1 amide bonds. The van der Waals surface area contributed by atoms with Crippen molar-refractivity contribution in [1.29, 1.82) is 0 Å². The van der Waals surface area contributed by atoms with Gasteiger partial charge in [0.05, 0.1) is 23.7 Å². The highest BCUT2D eigenvalue weighted by Gasteiger charge is 2.29. The first kappa shape index (κ1) is 23.3. The first-order valence-electron chi connectivity index (χ1n) is 9.99. The van der Waals surface area contributed by atoms with Crippen molar-refractivity contribution in [1.82, 2.24) is 5.32 Å². The molecule has 0 aromatic heterocycles. The Bertz CT molecular complexity index is 1180. The number of ether oxygens (including phenoxy) is 1. The number of anilines is 1. The van der Waals surface area contributed by atoms with Crippen molar-refractivity contribution in [2.45, 2.75) is 24.8 Å². The SMILES string of the molecule is COc1ccc([C@H](C)NC(=O)CN(c2ccccc2F)S(=O)(=O)c2ccc(C)cc2)cc1. The molecule has 8 heteroatoms. The van der Waals surface area contributed by atoms with Gasteiger partial charge in [0.25, 0.3) is 10.0 Å². The normalized spacial score (nSPS) is 12.1. The summed E-state index contributed by atoms with van der Waals surface area (Å²) in [6.07, 6.45) is 0. The lowest BCUT2D eigenvalue weighted by Gasteiger charge is -2.25. The third-order valence-electron chi connectivity index (χ3n) is 5.01. The number of para-hydroxylation sites is 1. The highest BCUT2D eigenvalue weighted by Crippen LogP contribution is 2.26. The molecule has 3 aromatic rings. The van der Waals surface area contributed by atoms with E-state index in [2.05, 4.69) is 5.32 Å². The third-order valence-corrected chi connectivity index (χ3v) is 6.78. The number of rotatable bonds is 8. The van der Waals surface area contributed by atoms with Gasteiger partial charge in [0.2, 0.25) is 5.91 Å². The van der Waals surface area contributed by atoms with Crippen LogP contribution in [0.25, 0.3) is 0 Å². The van der Waals surface area contributed by atoms with Crippen LogP contribution in [0.3, 0.4) is 0 Å². The highest BCUT2D eigenvalue weighted by atomic mass is 32.2. The summed E-state index contributed by atoms with van der Waals surface area (Å²) in [6.45, 7) is 3.04. The van der Waals surface area contributed by atoms with E-state index in [1.165, 1.54) is 30.3 Å². The van der Waals surface area contributed by atoms with Gasteiger partial charge in [0, 0.05) is 0 Å². The zero-order valence-corrected chi connectivity index (χ0v) is 18.9. The second kappa shape index (κ2) is 9.82. The maximum atomic E-state index is 14.5. The number of carbonyl (C=O) groups excluding carboxylic acids is 1. The highest BCUT2D eigenvalue weighted by molar-refractivity contribution is 7.92. The van der Waals surface area contributed by atoms with Gasteiger partial charge >= 0.3 is 0 Å². The lowest BCUT2D eigenvalue weighted by molar-refractivity contribution is -0.120. The van der Waals surface area contributed by atoms with Crippen molar-refractivity contribution in [2.24, 2.45) is 0 Å². The van der Waals surface area contributed by atoms with Gasteiger partial charge in [-0.15, -0.1) is 0 Å². The zero-order valence-electron chi connectivity index (χ0n) is 18.1. The van der Waals surface area contributed by atoms with Crippen molar-refractivity contribution in [3.8, 4) is 5.75 Å². The molecule has 0 bridgehead atoms. The average molecular weight is 457 g/mol. The molecule has 0 aliphatic heterocycles. The molecule has 0 aliphatic rings. The number of nitrogens with zero attached hydrogens (tertiary/aromatic N) is 1. The lowest BCUT2D eigenvalue weighted by Crippen LogP contribution is -2.42. The molecule has 6 nitrogen and oxygen atoms in total. The largest absolute Gasteiger partial charge is 0.497 e. The van der Waals surface area contributed by atoms with Crippen molar-refractivity contribution in [2.75, 3.05) is 18.0 Å². The third kappa shape index (κ3) is 5.26. The summed E-state index contributed by atoms with van der Waals surface area (Å²) < 4.78 is 47.1. The Morgan fingerprint density at radius 1 is 1.03 bits per heavy atom. The van der Waals surface area contributed by atoms with Gasteiger partial charge in [-0.3, -0.25) is 9.10 Å². The summed E-state index contributed by atoms with van der Waals surface area (Å²) in [5, 5.41) is 2.78. The molecule has 1 atom stereocenters. The Hall–Kier alpha value is -3.39. The topological polar surface area (TPSA) is 75.7 Å². The van der Waals surface area contributed by atoms with E-state index in [1.807, 2.05) is 19.1 Å². The molecule has 0 saturated carbocycles. The van der Waals surface area contributed by atoms with Crippen LogP contribution in [0.4, 0.5) is 10.1 Å². The number of amides is 1. The van der Waals surface area contributed by atoms with Crippen LogP contribution in [0.15, 0.2) is 77.7 Å². The maximum Gasteiger partial charge on any atom is 0.264 e. The number of aryl methyl sites for hydroxylation is 1. The predicted molar refractivity (Wildman–Crippen MR) is 122 cm³/mol. The Morgan fingerprint density at radius 3 is 2.25 bits per heavy atom. The summed E-state index contributed by atoms with van der Waals surface area (Å²) in [4.78, 5) is 12.8. The Kier molecular flexibility index (Phi) is 7.15. The van der Waals surface area contributed by atoms with Gasteiger partial charge < -0.3 is 10.1 Å². The van der Waals surface area contributed by atoms with Crippen molar-refractivity contribution < 1.29 is 22.3 Å². The molecular formula is C24H25FN2O4S. The molecule has 0 heterocycles. The van der Waals surface area contributed by atoms with E-state index in [-0.39, 0.29) is 10.6 Å². The van der Waals surface area contributed by atoms with Crippen LogP contribution in [-0.2, 0) is 14.8 Å². The first-order valence-corrected chi connectivity index (χ1v) is 11.4. The van der Waals surface area contributed by atoms with Gasteiger partial charge in [-0.1, -0.05) is 42.0 Å². The fraction of sp³-hybridized carbons (Fsp3) is 0.208. The molecule has 3 aromatic carbocycles. The molecule has 0 spiro atoms. The van der Waals surface area contributed by atoms with E-state index in [0.717, 1.165) is 21.5 Å². The number of hydrogen-bond acceptors (Lipinski definition) is 4. The van der Waals surface area contributed by atoms with Gasteiger partial charge in [-0.2, -0.15) is 0 Å². The van der Waals surface area contributed by atoms with Crippen LogP contribution in [0.1, 0.15) is 24.1 Å². The van der Waals surface area contributed by atoms with Gasteiger partial charge in [-0.05, 0) is 55.8 Å². The first-order chi connectivity index (χ1) is 15.2. The van der Waals surface area contributed by atoms with Crippen molar-refractivity contribution in [3.05, 3.63) is 89.7 Å². The van der Waals surface area contributed by atoms with E-state index < -0.39 is 34.3 Å². The average Bonchev–Trinajstić information content (AvgIpc) is 2.78. The lowest BCUT2D eigenvalue weighted by atomic mass is 10.1. The van der Waals surface area contributed by atoms with Crippen LogP contribution in [0, 0.1) is 12.7 Å². The van der Waals surface area contributed by atoms with Crippen LogP contribution in [0.5, 0.6) is 5.75 Å². The zero-order chi connectivity index (χ0) is 23.3. The molecule has 0 saturated heterocycles. The fourth-order valence-electron chi connectivity index (χ4n) is 3.18. The summed E-state index contributed by atoms with van der Waals surface area (Å²) >= 11 is 0. The molecule has 168 valence electrons. The minimum Gasteiger partial charge on any atom is -0.497 e. The summed E-state index contributed by atoms with van der Waals surface area (Å²) in [6, 6.07) is 18.4. The standard InChI is InChI=1S/C24H25FN2O4S/c1-17-8-14-21(15-9-17)32(29,30)27(23-7-5-4-6-22(23)25)16-24(28)26-18(2)19-10-12-20(31-3)13-11-19/h4-15,18H,16H2,1-3H3,(H,26,28)/t18-/m0/s1. The molecule has 1 N–H and O–H groups in total. The minimum absolute atomic E-state index is 0.0256. The molecule has 0 radical (unpaired) electrons. The van der Waals surface area contributed by atoms with Crippen molar-refractivity contribution in [3.63, 3.8) is 0 Å². The van der Waals surface area contributed by atoms with Crippen LogP contribution in [-0.4, -0.2) is 28.0 Å². The molecule has 0 fully saturated rings. The second-order valence-corrected chi connectivity index (χ2v) is 9.20. The van der Waals surface area contributed by atoms with Gasteiger partial charge in [-0.25, -0.2) is 12.8 Å². The molecule has 0 aliphatic carbocycles. The molecular weight excluding hydrogens is 431 g/mol. The number of halogens is 1. The Morgan fingerprint density at radius 2 is 1.66 bits per heavy atom. The van der Waals surface area contributed by atoms with Crippen LogP contribution >= 0.6 is 0 Å². The van der Waals surface area contributed by atoms with E-state index in [4.69, 9.17) is 4.74 Å². The summed E-state index contributed by atoms with van der Waals surface area (Å²) in [7, 11) is -2.62. The number of hydrogen-bond donors (Lipinski definition) is 1. The number of sulfonamides is 1. The van der Waals surface area contributed by atoms with E-state index in [9.17, 15) is 17.6 Å². The fourth-order valence-corrected chi connectivity index (χ4v) is 4.61. The van der Waals surface area contributed by atoms with Crippen LogP contribution < -0.4 is 14.4 Å². The minimum atomic E-state index is -4.18. The van der Waals surface area contributed by atoms with E-state index in [0.29, 0.717) is 5.75 Å². The smallest absolute Gasteiger partial charge is 0.264 e. The molecule has 32 heavy (non-hydrogen) atoms. The van der Waals surface area contributed by atoms with Crippen molar-refractivity contribution >= 4 is 21.6 Å². The quantitative estimate of drug-likeness (QED) is 0.551. The van der Waals surface area contributed by atoms with E-state index in [1.54, 1.807) is 38.3 Å². The maximum absolute atomic E-state index is 14.5. The number of methoxy groups -OCH3 is 1. The molecule has 3 rings (SSSR count). The van der Waals surface area contributed by atoms with E-state index >= 15 is 0 Å². The van der Waals surface area contributed by atoms with Gasteiger partial charge in [0.1, 0.15) is 18.1 Å². The summed E-state index contributed by atoms with van der Waals surface area (Å²) in [5.41, 5.74) is 1.51. The predicted octanol–water partition coefficient (Wildman–Crippen LogP) is 4.22. The summed E-state index contributed by atoms with van der Waals surface area (Å²) in [5.74, 6) is -0.617. The Labute approximate surface area is 187 Å².